The van der Waals surface area contributed by atoms with Gasteiger partial charge in [0, 0.05) is 41.4 Å². The molecule has 5 rings (SSSR count). The van der Waals surface area contributed by atoms with Crippen molar-refractivity contribution in [1.29, 1.82) is 0 Å². The van der Waals surface area contributed by atoms with Crippen molar-refractivity contribution in [2.24, 2.45) is 0 Å². The van der Waals surface area contributed by atoms with Crippen LogP contribution >= 0.6 is 0 Å². The molecule has 4 aromatic rings. The molecule has 2 heterocycles. The monoisotopic (exact) mass is 601 g/mol. The van der Waals surface area contributed by atoms with E-state index in [1.54, 1.807) is 55.5 Å². The minimum absolute atomic E-state index is 0.175. The number of hydrogen-bond donors (Lipinski definition) is 1. The quantitative estimate of drug-likeness (QED) is 0.199. The Morgan fingerprint density at radius 3 is 2.33 bits per heavy atom. The summed E-state index contributed by atoms with van der Waals surface area (Å²) in [5, 5.41) is 3.31. The first-order valence-corrected chi connectivity index (χ1v) is 15.5. The zero-order chi connectivity index (χ0) is 30.7. The van der Waals surface area contributed by atoms with Crippen molar-refractivity contribution in [2.75, 3.05) is 38.2 Å². The summed E-state index contributed by atoms with van der Waals surface area (Å²) in [5.41, 5.74) is 6.36. The Morgan fingerprint density at radius 2 is 1.56 bits per heavy atom. The summed E-state index contributed by atoms with van der Waals surface area (Å²) in [7, 11) is -3.69. The highest BCUT2D eigenvalue weighted by molar-refractivity contribution is 7.89. The largest absolute Gasteiger partial charge is 0.454 e. The molecule has 1 fully saturated rings. The molecular weight excluding hydrogens is 566 g/mol. The van der Waals surface area contributed by atoms with Gasteiger partial charge in [0.25, 0.3) is 0 Å². The van der Waals surface area contributed by atoms with Gasteiger partial charge < -0.3 is 19.4 Å². The van der Waals surface area contributed by atoms with Crippen LogP contribution in [0.2, 0.25) is 0 Å². The number of esters is 1. The summed E-state index contributed by atoms with van der Waals surface area (Å²) < 4.78 is 40.5. The van der Waals surface area contributed by atoms with Gasteiger partial charge in [-0.2, -0.15) is 4.31 Å². The first-order chi connectivity index (χ1) is 20.6. The normalized spacial score (nSPS) is 14.0. The summed E-state index contributed by atoms with van der Waals surface area (Å²) in [6, 6.07) is 21.3. The number of hydrogen-bond acceptors (Lipinski definition) is 7. The standard InChI is InChI=1S/C33H35N3O6S/c1-22-9-7-14-30(24(22)3)34-31-13-6-5-12-28(31)33(38)42-21-32(37)29-19-23(2)36(25(29)4)26-10-8-11-27(20-26)43(39,40)35-15-17-41-18-16-35/h5-14,19-20,34H,15-18,21H2,1-4H3. The molecule has 3 aromatic carbocycles. The molecule has 1 N–H and O–H groups in total. The number of rotatable bonds is 9. The summed E-state index contributed by atoms with van der Waals surface area (Å²) in [6.45, 7) is 8.54. The number of ether oxygens (including phenoxy) is 2. The first-order valence-electron chi connectivity index (χ1n) is 14.1. The van der Waals surface area contributed by atoms with E-state index in [0.717, 1.165) is 22.5 Å². The lowest BCUT2D eigenvalue weighted by molar-refractivity contribution is 0.0475. The first kappa shape index (κ1) is 30.2. The summed E-state index contributed by atoms with van der Waals surface area (Å²) in [4.78, 5) is 26.5. The van der Waals surface area contributed by atoms with Crippen molar-refractivity contribution in [2.45, 2.75) is 32.6 Å². The molecule has 0 atom stereocenters. The molecule has 0 saturated carbocycles. The van der Waals surface area contributed by atoms with Crippen LogP contribution in [0.5, 0.6) is 0 Å². The van der Waals surface area contributed by atoms with E-state index in [9.17, 15) is 18.0 Å². The summed E-state index contributed by atoms with van der Waals surface area (Å²) in [5.74, 6) is -0.971. The maximum absolute atomic E-state index is 13.3. The maximum Gasteiger partial charge on any atom is 0.340 e. The van der Waals surface area contributed by atoms with Crippen LogP contribution in [0.25, 0.3) is 5.69 Å². The predicted octanol–water partition coefficient (Wildman–Crippen LogP) is 5.52. The molecular formula is C33H35N3O6S. The third kappa shape index (κ3) is 6.27. The van der Waals surface area contributed by atoms with E-state index in [-0.39, 0.29) is 10.7 Å². The fraction of sp³-hybridized carbons (Fsp3) is 0.273. The minimum atomic E-state index is -3.69. The molecule has 224 valence electrons. The summed E-state index contributed by atoms with van der Waals surface area (Å²) in [6.07, 6.45) is 0. The molecule has 43 heavy (non-hydrogen) atoms. The van der Waals surface area contributed by atoms with E-state index in [2.05, 4.69) is 5.32 Å². The van der Waals surface area contributed by atoms with Crippen LogP contribution in [0.15, 0.2) is 77.7 Å². The van der Waals surface area contributed by atoms with Crippen molar-refractivity contribution in [3.63, 3.8) is 0 Å². The molecule has 0 radical (unpaired) electrons. The Labute approximate surface area is 252 Å². The number of sulfonamides is 1. The Morgan fingerprint density at radius 1 is 0.860 bits per heavy atom. The molecule has 1 saturated heterocycles. The van der Waals surface area contributed by atoms with Gasteiger partial charge in [-0.1, -0.05) is 30.3 Å². The van der Waals surface area contributed by atoms with E-state index in [4.69, 9.17) is 9.47 Å². The molecule has 0 unspecified atom stereocenters. The van der Waals surface area contributed by atoms with Crippen LogP contribution in [0.3, 0.4) is 0 Å². The number of nitrogens with one attached hydrogen (secondary N) is 1. The van der Waals surface area contributed by atoms with Crippen LogP contribution in [-0.4, -0.2) is 62.0 Å². The predicted molar refractivity (Wildman–Crippen MR) is 165 cm³/mol. The average Bonchev–Trinajstić information content (AvgIpc) is 3.32. The molecule has 0 aliphatic carbocycles. The second-order valence-corrected chi connectivity index (χ2v) is 12.5. The van der Waals surface area contributed by atoms with Crippen LogP contribution < -0.4 is 5.32 Å². The van der Waals surface area contributed by atoms with Gasteiger partial charge >= 0.3 is 5.97 Å². The van der Waals surface area contributed by atoms with Crippen molar-refractivity contribution in [3.8, 4) is 5.69 Å². The lowest BCUT2D eigenvalue weighted by Gasteiger charge is -2.26. The number of morpholine rings is 1. The van der Waals surface area contributed by atoms with E-state index >= 15 is 0 Å². The van der Waals surface area contributed by atoms with Crippen LogP contribution in [-0.2, 0) is 19.5 Å². The van der Waals surface area contributed by atoms with E-state index in [0.29, 0.717) is 54.5 Å². The van der Waals surface area contributed by atoms with Gasteiger partial charge in [-0.15, -0.1) is 0 Å². The number of ketones is 1. The van der Waals surface area contributed by atoms with Crippen LogP contribution in [0, 0.1) is 27.7 Å². The zero-order valence-electron chi connectivity index (χ0n) is 24.7. The third-order valence-corrected chi connectivity index (χ3v) is 9.67. The minimum Gasteiger partial charge on any atom is -0.454 e. The second-order valence-electron chi connectivity index (χ2n) is 10.6. The number of carbonyl (C=O) groups excluding carboxylic acids is 2. The molecule has 1 aromatic heterocycles. The lowest BCUT2D eigenvalue weighted by atomic mass is 10.1. The molecule has 0 amide bonds. The number of benzene rings is 3. The molecule has 1 aliphatic heterocycles. The lowest BCUT2D eigenvalue weighted by Crippen LogP contribution is -2.40. The Kier molecular flexibility index (Phi) is 8.82. The van der Waals surface area contributed by atoms with Gasteiger partial charge in [-0.25, -0.2) is 13.2 Å². The van der Waals surface area contributed by atoms with Gasteiger partial charge in [0.15, 0.2) is 6.61 Å². The number of nitrogens with zero attached hydrogens (tertiary/aromatic N) is 2. The van der Waals surface area contributed by atoms with E-state index in [1.165, 1.54) is 4.31 Å². The highest BCUT2D eigenvalue weighted by Crippen LogP contribution is 2.27. The average molecular weight is 602 g/mol. The number of aromatic nitrogens is 1. The van der Waals surface area contributed by atoms with Crippen molar-refractivity contribution < 1.29 is 27.5 Å². The SMILES string of the molecule is Cc1cccc(Nc2ccccc2C(=O)OCC(=O)c2cc(C)n(-c3cccc(S(=O)(=O)N4CCOCC4)c3)c2C)c1C. The van der Waals surface area contributed by atoms with Crippen molar-refractivity contribution in [1.82, 2.24) is 8.87 Å². The third-order valence-electron chi connectivity index (χ3n) is 7.77. The molecule has 10 heteroatoms. The maximum atomic E-state index is 13.3. The van der Waals surface area contributed by atoms with Gasteiger partial charge in [-0.05, 0) is 81.3 Å². The molecule has 9 nitrogen and oxygen atoms in total. The molecule has 1 aliphatic rings. The number of anilines is 2. The van der Waals surface area contributed by atoms with Gasteiger partial charge in [-0.3, -0.25) is 4.79 Å². The van der Waals surface area contributed by atoms with Gasteiger partial charge in [0.2, 0.25) is 15.8 Å². The highest BCUT2D eigenvalue weighted by Gasteiger charge is 2.27. The fourth-order valence-electron chi connectivity index (χ4n) is 5.25. The molecule has 0 bridgehead atoms. The Hall–Kier alpha value is -4.25. The van der Waals surface area contributed by atoms with Gasteiger partial charge in [0.1, 0.15) is 0 Å². The van der Waals surface area contributed by atoms with Gasteiger partial charge in [0.05, 0.1) is 29.4 Å². The number of Topliss-reactive ketones (excluding diaryl/α,β-unsaturated/α-hetero) is 1. The van der Waals surface area contributed by atoms with Crippen LogP contribution in [0.4, 0.5) is 11.4 Å². The van der Waals surface area contributed by atoms with Crippen molar-refractivity contribution in [3.05, 3.63) is 106 Å². The number of para-hydroxylation sites is 1. The smallest absolute Gasteiger partial charge is 0.340 e. The summed E-state index contributed by atoms with van der Waals surface area (Å²) >= 11 is 0. The van der Waals surface area contributed by atoms with Crippen LogP contribution in [0.1, 0.15) is 43.2 Å². The zero-order valence-corrected chi connectivity index (χ0v) is 25.5. The van der Waals surface area contributed by atoms with Crippen molar-refractivity contribution >= 4 is 33.2 Å². The second kappa shape index (κ2) is 12.5. The topological polar surface area (TPSA) is 107 Å². The Bertz CT molecular complexity index is 1790. The molecule has 0 spiro atoms. The number of carbonyl (C=O) groups is 2. The Balaban J connectivity index is 1.32. The number of aryl methyl sites for hydroxylation is 2. The van der Waals surface area contributed by atoms with E-state index < -0.39 is 22.6 Å². The van der Waals surface area contributed by atoms with E-state index in [1.807, 2.05) is 49.6 Å². The highest BCUT2D eigenvalue weighted by atomic mass is 32.2. The fourth-order valence-corrected chi connectivity index (χ4v) is 6.70.